The largest absolute Gasteiger partial charge is 0.507 e. The third-order valence-electron chi connectivity index (χ3n) is 2.15. The van der Waals surface area contributed by atoms with E-state index < -0.39 is 0 Å². The highest BCUT2D eigenvalue weighted by atomic mass is 127. The molecule has 0 bridgehead atoms. The molecule has 0 radical (unpaired) electrons. The Kier molecular flexibility index (Phi) is 3.98. The van der Waals surface area contributed by atoms with Crippen LogP contribution in [-0.2, 0) is 0 Å². The Morgan fingerprint density at radius 1 is 1.12 bits per heavy atom. The number of nitrogens with one attached hydrogen (secondary N) is 1. The number of anilines is 1. The van der Waals surface area contributed by atoms with E-state index in [1.165, 1.54) is 0 Å². The Bertz CT molecular complexity index is 526. The number of rotatable bonds is 3. The standard InChI is InChI=1S/C13H11IN2O/c14-12-8-10(6-7-13(12)17)9-15-16-11-4-2-1-3-5-11/h1-9,16-17H/b15-9-. The Balaban J connectivity index is 2.03. The highest BCUT2D eigenvalue weighted by Gasteiger charge is 1.96. The smallest absolute Gasteiger partial charge is 0.128 e. The molecule has 0 aliphatic heterocycles. The minimum atomic E-state index is 0.291. The fourth-order valence-corrected chi connectivity index (χ4v) is 1.84. The molecule has 2 aromatic carbocycles. The quantitative estimate of drug-likeness (QED) is 0.512. The van der Waals surface area contributed by atoms with Crippen LogP contribution in [0.1, 0.15) is 5.56 Å². The average Bonchev–Trinajstić information content (AvgIpc) is 2.35. The summed E-state index contributed by atoms with van der Waals surface area (Å²) in [6.07, 6.45) is 1.72. The van der Waals surface area contributed by atoms with Gasteiger partial charge in [0, 0.05) is 0 Å². The van der Waals surface area contributed by atoms with Crippen LogP contribution in [0.25, 0.3) is 0 Å². The molecule has 17 heavy (non-hydrogen) atoms. The maximum absolute atomic E-state index is 9.38. The van der Waals surface area contributed by atoms with Gasteiger partial charge in [0.05, 0.1) is 15.5 Å². The Morgan fingerprint density at radius 3 is 2.59 bits per heavy atom. The van der Waals surface area contributed by atoms with Gasteiger partial charge in [-0.05, 0) is 58.5 Å². The van der Waals surface area contributed by atoms with Gasteiger partial charge in [-0.2, -0.15) is 5.10 Å². The minimum absolute atomic E-state index is 0.291. The molecule has 0 amide bonds. The summed E-state index contributed by atoms with van der Waals surface area (Å²) in [4.78, 5) is 0. The van der Waals surface area contributed by atoms with Crippen LogP contribution in [0.5, 0.6) is 5.75 Å². The van der Waals surface area contributed by atoms with Gasteiger partial charge in [0.2, 0.25) is 0 Å². The number of hydrogen-bond donors (Lipinski definition) is 2. The van der Waals surface area contributed by atoms with Gasteiger partial charge in [-0.25, -0.2) is 0 Å². The molecule has 0 fully saturated rings. The zero-order valence-electron chi connectivity index (χ0n) is 8.97. The van der Waals surface area contributed by atoms with Crippen molar-refractivity contribution < 1.29 is 5.11 Å². The van der Waals surface area contributed by atoms with Gasteiger partial charge >= 0.3 is 0 Å². The summed E-state index contributed by atoms with van der Waals surface area (Å²) >= 11 is 2.08. The third kappa shape index (κ3) is 3.45. The summed E-state index contributed by atoms with van der Waals surface area (Å²) in [5, 5.41) is 13.5. The predicted octanol–water partition coefficient (Wildman–Crippen LogP) is 3.44. The number of nitrogens with zero attached hydrogens (tertiary/aromatic N) is 1. The lowest BCUT2D eigenvalue weighted by molar-refractivity contribution is 0.471. The van der Waals surface area contributed by atoms with Crippen molar-refractivity contribution >= 4 is 34.5 Å². The molecule has 0 aliphatic rings. The lowest BCUT2D eigenvalue weighted by atomic mass is 10.2. The van der Waals surface area contributed by atoms with E-state index in [1.807, 2.05) is 42.5 Å². The first-order valence-electron chi connectivity index (χ1n) is 5.08. The molecular weight excluding hydrogens is 327 g/mol. The summed E-state index contributed by atoms with van der Waals surface area (Å²) in [7, 11) is 0. The molecule has 0 unspecified atom stereocenters. The van der Waals surface area contributed by atoms with E-state index in [1.54, 1.807) is 12.3 Å². The number of halogens is 1. The second-order valence-corrected chi connectivity index (χ2v) is 4.61. The summed E-state index contributed by atoms with van der Waals surface area (Å²) < 4.78 is 0.811. The summed E-state index contributed by atoms with van der Waals surface area (Å²) in [5.41, 5.74) is 4.81. The van der Waals surface area contributed by atoms with Crippen molar-refractivity contribution in [3.05, 3.63) is 57.7 Å². The number of hydrazone groups is 1. The lowest BCUT2D eigenvalue weighted by Crippen LogP contribution is -1.90. The summed E-state index contributed by atoms with van der Waals surface area (Å²) in [6, 6.07) is 15.1. The molecule has 3 nitrogen and oxygen atoms in total. The van der Waals surface area contributed by atoms with E-state index in [4.69, 9.17) is 0 Å². The zero-order valence-corrected chi connectivity index (χ0v) is 11.1. The molecule has 0 atom stereocenters. The van der Waals surface area contributed by atoms with Gasteiger partial charge in [-0.1, -0.05) is 18.2 Å². The van der Waals surface area contributed by atoms with Crippen LogP contribution in [0.3, 0.4) is 0 Å². The highest BCUT2D eigenvalue weighted by Crippen LogP contribution is 2.19. The molecule has 0 aliphatic carbocycles. The molecule has 2 rings (SSSR count). The van der Waals surface area contributed by atoms with E-state index in [9.17, 15) is 5.11 Å². The molecule has 0 spiro atoms. The van der Waals surface area contributed by atoms with Crippen LogP contribution in [-0.4, -0.2) is 11.3 Å². The van der Waals surface area contributed by atoms with Crippen LogP contribution < -0.4 is 5.43 Å². The van der Waals surface area contributed by atoms with Gasteiger partial charge in [-0.3, -0.25) is 5.43 Å². The van der Waals surface area contributed by atoms with Gasteiger partial charge in [0.1, 0.15) is 5.75 Å². The first-order chi connectivity index (χ1) is 8.25. The van der Waals surface area contributed by atoms with E-state index in [2.05, 4.69) is 33.1 Å². The van der Waals surface area contributed by atoms with E-state index in [0.717, 1.165) is 14.8 Å². The van der Waals surface area contributed by atoms with Crippen molar-refractivity contribution in [2.24, 2.45) is 5.10 Å². The van der Waals surface area contributed by atoms with Crippen molar-refractivity contribution in [3.8, 4) is 5.75 Å². The van der Waals surface area contributed by atoms with Crippen molar-refractivity contribution in [1.29, 1.82) is 0 Å². The minimum Gasteiger partial charge on any atom is -0.507 e. The fraction of sp³-hybridized carbons (Fsp3) is 0. The molecule has 86 valence electrons. The van der Waals surface area contributed by atoms with Gasteiger partial charge < -0.3 is 5.11 Å². The van der Waals surface area contributed by atoms with Gasteiger partial charge in [0.15, 0.2) is 0 Å². The van der Waals surface area contributed by atoms with Crippen molar-refractivity contribution in [1.82, 2.24) is 0 Å². The maximum atomic E-state index is 9.38. The SMILES string of the molecule is Oc1ccc(/C=N\Nc2ccccc2)cc1I. The van der Waals surface area contributed by atoms with Crippen LogP contribution in [0.4, 0.5) is 5.69 Å². The number of benzene rings is 2. The summed E-state index contributed by atoms with van der Waals surface area (Å²) in [5.74, 6) is 0.291. The molecule has 4 heteroatoms. The Labute approximate surface area is 113 Å². The van der Waals surface area contributed by atoms with Crippen LogP contribution in [0.2, 0.25) is 0 Å². The molecule has 2 N–H and O–H groups in total. The first kappa shape index (κ1) is 11.9. The zero-order chi connectivity index (χ0) is 12.1. The maximum Gasteiger partial charge on any atom is 0.128 e. The molecule has 2 aromatic rings. The first-order valence-corrected chi connectivity index (χ1v) is 6.16. The van der Waals surface area contributed by atoms with Crippen molar-refractivity contribution in [2.45, 2.75) is 0 Å². The van der Waals surface area contributed by atoms with Crippen LogP contribution in [0, 0.1) is 3.57 Å². The molecule has 0 saturated heterocycles. The van der Waals surface area contributed by atoms with Gasteiger partial charge in [0.25, 0.3) is 0 Å². The molecule has 0 saturated carbocycles. The second kappa shape index (κ2) is 5.67. The molecule has 0 heterocycles. The fourth-order valence-electron chi connectivity index (χ4n) is 1.30. The van der Waals surface area contributed by atoms with Crippen LogP contribution in [0.15, 0.2) is 53.6 Å². The Hall–Kier alpha value is -1.56. The average molecular weight is 338 g/mol. The van der Waals surface area contributed by atoms with Gasteiger partial charge in [-0.15, -0.1) is 0 Å². The van der Waals surface area contributed by atoms with E-state index >= 15 is 0 Å². The van der Waals surface area contributed by atoms with E-state index in [0.29, 0.717) is 5.75 Å². The second-order valence-electron chi connectivity index (χ2n) is 3.45. The third-order valence-corrected chi connectivity index (χ3v) is 3.02. The topological polar surface area (TPSA) is 44.6 Å². The number of para-hydroxylation sites is 1. The normalized spacial score (nSPS) is 10.6. The summed E-state index contributed by atoms with van der Waals surface area (Å²) in [6.45, 7) is 0. The lowest BCUT2D eigenvalue weighted by Gasteiger charge is -2.00. The van der Waals surface area contributed by atoms with Crippen molar-refractivity contribution in [3.63, 3.8) is 0 Å². The number of phenolic OH excluding ortho intramolecular Hbond substituents is 1. The van der Waals surface area contributed by atoms with Crippen LogP contribution >= 0.6 is 22.6 Å². The molecule has 0 aromatic heterocycles. The predicted molar refractivity (Wildman–Crippen MR) is 78.5 cm³/mol. The molecular formula is C13H11IN2O. The number of aromatic hydroxyl groups is 1. The van der Waals surface area contributed by atoms with E-state index in [-0.39, 0.29) is 0 Å². The Morgan fingerprint density at radius 2 is 1.88 bits per heavy atom. The number of hydrogen-bond acceptors (Lipinski definition) is 3. The highest BCUT2D eigenvalue weighted by molar-refractivity contribution is 14.1. The number of phenols is 1. The monoisotopic (exact) mass is 338 g/mol. The van der Waals surface area contributed by atoms with Crippen molar-refractivity contribution in [2.75, 3.05) is 5.43 Å².